The number of methoxy groups -OCH3 is 1. The molecule has 4 aromatic carbocycles. The maximum absolute atomic E-state index is 14.1. The highest BCUT2D eigenvalue weighted by Crippen LogP contribution is 2.43. The minimum Gasteiger partial charge on any atom is -0.493 e. The van der Waals surface area contributed by atoms with Gasteiger partial charge in [-0.2, -0.15) is 8.42 Å². The van der Waals surface area contributed by atoms with Gasteiger partial charge in [0.25, 0.3) is 33.7 Å². The highest BCUT2D eigenvalue weighted by Gasteiger charge is 2.47. The van der Waals surface area contributed by atoms with E-state index in [0.29, 0.717) is 95.0 Å². The van der Waals surface area contributed by atoms with Crippen LogP contribution in [0.4, 0.5) is 11.4 Å². The van der Waals surface area contributed by atoms with Crippen molar-refractivity contribution in [1.82, 2.24) is 20.0 Å². The van der Waals surface area contributed by atoms with Crippen LogP contribution in [0, 0.1) is 25.7 Å². The molecule has 5 aliphatic heterocycles. The Balaban J connectivity index is 0.742. The summed E-state index contributed by atoms with van der Waals surface area (Å²) in [6.07, 6.45) is 11.1. The Morgan fingerprint density at radius 1 is 0.780 bits per heavy atom. The predicted octanol–water partition coefficient (Wildman–Crippen LogP) is 8.36. The quantitative estimate of drug-likeness (QED) is 0.0359. The number of nitrogens with zero attached hydrogens (tertiary/aromatic N) is 4. The van der Waals surface area contributed by atoms with Gasteiger partial charge in [0, 0.05) is 86.2 Å². The molecule has 430 valence electrons. The van der Waals surface area contributed by atoms with Crippen LogP contribution in [0.5, 0.6) is 17.2 Å². The Bertz CT molecular complexity index is 3420. The van der Waals surface area contributed by atoms with Gasteiger partial charge in [-0.1, -0.05) is 69.2 Å². The zero-order valence-electron chi connectivity index (χ0n) is 46.8. The maximum Gasteiger partial charge on any atom is 0.274 e. The molecule has 6 amide bonds. The molecule has 0 bridgehead atoms. The molecule has 5 atom stereocenters. The van der Waals surface area contributed by atoms with Crippen molar-refractivity contribution in [3.63, 3.8) is 0 Å². The van der Waals surface area contributed by atoms with E-state index >= 15 is 0 Å². The number of ether oxygens (including phenoxy) is 3. The van der Waals surface area contributed by atoms with E-state index in [4.69, 9.17) is 19.2 Å². The SMILES string of the molecule is COc1cc2c(cc1OCCCOc1cc3c(cc1C)C(=O)N1C=C(c4ccc(NC(=O)C(C)CC(=O)C(NC(=O)CCCCCN5C(=O)C=CC5=O)C(C)C)cc4)CC1C=N3)CCC1C(S(=O)(=O)O)C(c3ccc(C)cc3)=CN1C2=O. The van der Waals surface area contributed by atoms with Crippen LogP contribution < -0.4 is 24.8 Å². The van der Waals surface area contributed by atoms with Crippen molar-refractivity contribution in [3.8, 4) is 17.2 Å². The number of ketones is 1. The van der Waals surface area contributed by atoms with Gasteiger partial charge < -0.3 is 34.6 Å². The summed E-state index contributed by atoms with van der Waals surface area (Å²) in [7, 11) is -3.11. The van der Waals surface area contributed by atoms with E-state index < -0.39 is 39.3 Å². The number of aryl methyl sites for hydroxylation is 3. The van der Waals surface area contributed by atoms with Crippen LogP contribution in [0.15, 0.2) is 102 Å². The average molecular weight is 1140 g/mol. The normalized spacial score (nSPS) is 18.9. The number of carbonyl (C=O) groups excluding carboxylic acids is 7. The fourth-order valence-electron chi connectivity index (χ4n) is 11.0. The lowest BCUT2D eigenvalue weighted by Crippen LogP contribution is -2.45. The summed E-state index contributed by atoms with van der Waals surface area (Å²) in [5, 5.41) is 4.43. The molecule has 20 heteroatoms. The van der Waals surface area contributed by atoms with Gasteiger partial charge in [0.15, 0.2) is 17.3 Å². The topological polar surface area (TPSA) is 248 Å². The Morgan fingerprint density at radius 2 is 1.46 bits per heavy atom. The molecule has 82 heavy (non-hydrogen) atoms. The molecule has 0 fully saturated rings. The van der Waals surface area contributed by atoms with E-state index in [1.807, 2.05) is 58.2 Å². The standard InChI is InChI=1S/C62H68N6O13S/c1-36(2)58(65-55(70)11-8-7-9-24-66-56(71)22-23-57(66)72)51(69)28-39(5)60(73)64-44-19-16-40(17-20-44)43-29-45-33-63-49-32-52(38(4)27-47(49)62(75)67(45)34-43)80-25-10-26-81-54-30-42-18-21-50-59(82(76,77)78)48(41-14-12-37(3)13-15-41)35-68(50)61(74)46(42)31-53(54)79-6/h12-17,19-20,22-23,27,30-36,39,45,50,58-59H,7-11,18,21,24-26,28-29H2,1-6H3,(H,64,73)(H,65,70)(H,76,77,78). The molecular weight excluding hydrogens is 1070 g/mol. The number of carbonyl (C=O) groups is 7. The molecular formula is C62H68N6O13S. The molecule has 19 nitrogen and oxygen atoms in total. The Morgan fingerprint density at radius 3 is 2.15 bits per heavy atom. The third kappa shape index (κ3) is 12.9. The summed E-state index contributed by atoms with van der Waals surface area (Å²) >= 11 is 0. The monoisotopic (exact) mass is 1140 g/mol. The number of hydrogen-bond acceptors (Lipinski definition) is 13. The first-order valence-electron chi connectivity index (χ1n) is 27.7. The Labute approximate surface area is 477 Å². The molecule has 0 radical (unpaired) electrons. The van der Waals surface area contributed by atoms with Crippen molar-refractivity contribution in [2.24, 2.45) is 16.8 Å². The van der Waals surface area contributed by atoms with Crippen molar-refractivity contribution in [3.05, 3.63) is 136 Å². The number of anilines is 1. The van der Waals surface area contributed by atoms with Gasteiger partial charge in [0.2, 0.25) is 11.8 Å². The van der Waals surface area contributed by atoms with Gasteiger partial charge in [-0.3, -0.25) is 48.0 Å². The number of Topliss-reactive ketones (excluding diaryl/α,β-unsaturated/α-hetero) is 1. The van der Waals surface area contributed by atoms with Crippen molar-refractivity contribution in [1.29, 1.82) is 0 Å². The van der Waals surface area contributed by atoms with E-state index in [9.17, 15) is 46.5 Å². The van der Waals surface area contributed by atoms with Crippen LogP contribution in [-0.2, 0) is 40.5 Å². The number of rotatable bonds is 23. The van der Waals surface area contributed by atoms with Crippen LogP contribution in [0.3, 0.4) is 0 Å². The van der Waals surface area contributed by atoms with Gasteiger partial charge >= 0.3 is 0 Å². The van der Waals surface area contributed by atoms with Crippen LogP contribution in [-0.4, -0.2) is 125 Å². The molecule has 5 heterocycles. The number of nitrogens with one attached hydrogen (secondary N) is 2. The lowest BCUT2D eigenvalue weighted by atomic mass is 9.92. The molecule has 5 unspecified atom stereocenters. The molecule has 0 aromatic heterocycles. The minimum atomic E-state index is -4.58. The molecule has 4 aromatic rings. The fraction of sp³-hybridized carbons (Fsp3) is 0.387. The van der Waals surface area contributed by atoms with Crippen molar-refractivity contribution < 1.29 is 60.7 Å². The summed E-state index contributed by atoms with van der Waals surface area (Å²) in [4.78, 5) is 100. The smallest absolute Gasteiger partial charge is 0.274 e. The predicted molar refractivity (Wildman–Crippen MR) is 308 cm³/mol. The van der Waals surface area contributed by atoms with E-state index in [2.05, 4.69) is 10.6 Å². The molecule has 3 N–H and O–H groups in total. The first kappa shape index (κ1) is 58.4. The summed E-state index contributed by atoms with van der Waals surface area (Å²) in [5.41, 5.74) is 6.95. The maximum atomic E-state index is 14.1. The zero-order valence-corrected chi connectivity index (χ0v) is 47.6. The molecule has 0 saturated heterocycles. The van der Waals surface area contributed by atoms with Gasteiger partial charge in [-0.05, 0) is 109 Å². The highest BCUT2D eigenvalue weighted by molar-refractivity contribution is 7.87. The molecule has 0 aliphatic carbocycles. The summed E-state index contributed by atoms with van der Waals surface area (Å²) in [6, 6.07) is 19.5. The Hall–Kier alpha value is -8.23. The fourth-order valence-corrected chi connectivity index (χ4v) is 12.2. The molecule has 9 rings (SSSR count). The first-order chi connectivity index (χ1) is 39.2. The molecule has 5 aliphatic rings. The molecule has 0 spiro atoms. The third-order valence-corrected chi connectivity index (χ3v) is 16.8. The number of hydrogen-bond donors (Lipinski definition) is 3. The van der Waals surface area contributed by atoms with Crippen LogP contribution in [0.1, 0.15) is 121 Å². The minimum absolute atomic E-state index is 0.0721. The number of fused-ring (bicyclic) bond motifs is 4. The highest BCUT2D eigenvalue weighted by atomic mass is 32.2. The third-order valence-electron chi connectivity index (χ3n) is 15.6. The second kappa shape index (κ2) is 24.9. The van der Waals surface area contributed by atoms with Crippen LogP contribution in [0.2, 0.25) is 0 Å². The second-order valence-corrected chi connectivity index (χ2v) is 23.4. The van der Waals surface area contributed by atoms with Gasteiger partial charge in [0.05, 0.1) is 49.7 Å². The number of amides is 6. The van der Waals surface area contributed by atoms with Crippen molar-refractivity contribution in [2.75, 3.05) is 32.2 Å². The van der Waals surface area contributed by atoms with Crippen molar-refractivity contribution in [2.45, 2.75) is 116 Å². The second-order valence-electron chi connectivity index (χ2n) is 21.9. The zero-order chi connectivity index (χ0) is 58.6. The van der Waals surface area contributed by atoms with Gasteiger partial charge in [-0.15, -0.1) is 0 Å². The largest absolute Gasteiger partial charge is 0.493 e. The van der Waals surface area contributed by atoms with E-state index in [-0.39, 0.29) is 86.3 Å². The van der Waals surface area contributed by atoms with E-state index in [0.717, 1.165) is 22.3 Å². The van der Waals surface area contributed by atoms with E-state index in [1.54, 1.807) is 66.6 Å². The van der Waals surface area contributed by atoms with Crippen LogP contribution in [0.25, 0.3) is 11.1 Å². The number of unbranched alkanes of at least 4 members (excludes halogenated alkanes) is 2. The van der Waals surface area contributed by atoms with E-state index in [1.165, 1.54) is 35.3 Å². The van der Waals surface area contributed by atoms with Crippen LogP contribution >= 0.6 is 0 Å². The number of imide groups is 1. The Kier molecular flexibility index (Phi) is 17.7. The van der Waals surface area contributed by atoms with Gasteiger partial charge in [0.1, 0.15) is 11.0 Å². The lowest BCUT2D eigenvalue weighted by molar-refractivity contribution is -0.137. The first-order valence-corrected chi connectivity index (χ1v) is 29.2. The molecule has 0 saturated carbocycles. The van der Waals surface area contributed by atoms with Crippen molar-refractivity contribution >= 4 is 80.1 Å². The van der Waals surface area contributed by atoms with Gasteiger partial charge in [-0.25, -0.2) is 0 Å². The number of aliphatic imine (C=N–C) groups is 1. The summed E-state index contributed by atoms with van der Waals surface area (Å²) < 4.78 is 54.2. The summed E-state index contributed by atoms with van der Waals surface area (Å²) in [6.45, 7) is 9.91. The number of benzene rings is 4. The lowest BCUT2D eigenvalue weighted by Gasteiger charge is -2.25. The average Bonchev–Trinajstić information content (AvgIpc) is 3.02. The summed E-state index contributed by atoms with van der Waals surface area (Å²) in [5.74, 6) is -1.71.